The summed E-state index contributed by atoms with van der Waals surface area (Å²) in [6.45, 7) is 1.41. The van der Waals surface area contributed by atoms with Gasteiger partial charge in [0, 0.05) is 25.2 Å². The van der Waals surface area contributed by atoms with Crippen LogP contribution in [0.4, 0.5) is 4.79 Å². The third-order valence-electron chi connectivity index (χ3n) is 7.10. The summed E-state index contributed by atoms with van der Waals surface area (Å²) in [5.41, 5.74) is -0.232. The van der Waals surface area contributed by atoms with E-state index in [1.165, 1.54) is 20.0 Å². The third-order valence-corrected chi connectivity index (χ3v) is 7.10. The van der Waals surface area contributed by atoms with Crippen molar-refractivity contribution < 1.29 is 19.4 Å². The van der Waals surface area contributed by atoms with Crippen LogP contribution in [0.5, 0.6) is 0 Å². The van der Waals surface area contributed by atoms with Crippen molar-refractivity contribution in [2.75, 3.05) is 20.2 Å². The van der Waals surface area contributed by atoms with Crippen LogP contribution in [0.25, 0.3) is 0 Å². The summed E-state index contributed by atoms with van der Waals surface area (Å²) >= 11 is 0. The maximum absolute atomic E-state index is 12.3. The fraction of sp³-hybridized carbons (Fsp3) is 0.889. The first-order chi connectivity index (χ1) is 11.5. The minimum atomic E-state index is -0.797. The third kappa shape index (κ3) is 2.50. The molecule has 24 heavy (non-hydrogen) atoms. The highest BCUT2D eigenvalue weighted by Crippen LogP contribution is 2.60. The molecule has 5 fully saturated rings. The highest BCUT2D eigenvalue weighted by molar-refractivity contribution is 5.77. The highest BCUT2D eigenvalue weighted by Gasteiger charge is 2.59. The summed E-state index contributed by atoms with van der Waals surface area (Å²) in [6, 6.07) is 0.546. The fourth-order valence-corrected chi connectivity index (χ4v) is 6.40. The average Bonchev–Trinajstić information content (AvgIpc) is 3.01. The van der Waals surface area contributed by atoms with E-state index < -0.39 is 6.09 Å². The van der Waals surface area contributed by atoms with Crippen molar-refractivity contribution in [1.82, 2.24) is 10.2 Å². The lowest BCUT2D eigenvalue weighted by Gasteiger charge is -2.59. The molecule has 1 aliphatic heterocycles. The highest BCUT2D eigenvalue weighted by atomic mass is 16.5. The fourth-order valence-electron chi connectivity index (χ4n) is 6.40. The van der Waals surface area contributed by atoms with Crippen molar-refractivity contribution in [2.24, 2.45) is 23.2 Å². The first kappa shape index (κ1) is 16.2. The van der Waals surface area contributed by atoms with Crippen LogP contribution in [0, 0.1) is 23.2 Å². The van der Waals surface area contributed by atoms with Crippen molar-refractivity contribution in [1.29, 1.82) is 0 Å². The van der Waals surface area contributed by atoms with E-state index >= 15 is 0 Å². The van der Waals surface area contributed by atoms with Gasteiger partial charge in [0.2, 0.25) is 0 Å². The second-order valence-corrected chi connectivity index (χ2v) is 8.45. The van der Waals surface area contributed by atoms with Gasteiger partial charge < -0.3 is 20.1 Å². The van der Waals surface area contributed by atoms with Crippen LogP contribution < -0.4 is 5.32 Å². The van der Waals surface area contributed by atoms with Gasteiger partial charge in [-0.2, -0.15) is 0 Å². The largest absolute Gasteiger partial charge is 0.469 e. The smallest absolute Gasteiger partial charge is 0.407 e. The van der Waals surface area contributed by atoms with Gasteiger partial charge in [-0.3, -0.25) is 4.79 Å². The number of hydrogen-bond acceptors (Lipinski definition) is 4. The zero-order valence-corrected chi connectivity index (χ0v) is 14.4. The Bertz CT molecular complexity index is 521. The number of nitrogens with zero attached hydrogens (tertiary/aromatic N) is 1. The molecule has 6 nitrogen and oxygen atoms in total. The van der Waals surface area contributed by atoms with Crippen LogP contribution in [-0.4, -0.2) is 54.4 Å². The van der Waals surface area contributed by atoms with E-state index in [9.17, 15) is 14.7 Å². The monoisotopic (exact) mass is 336 g/mol. The van der Waals surface area contributed by atoms with Crippen LogP contribution in [0.3, 0.4) is 0 Å². The molecule has 1 saturated heterocycles. The molecular formula is C18H28N2O4. The quantitative estimate of drug-likeness (QED) is 0.769. The van der Waals surface area contributed by atoms with E-state index in [0.717, 1.165) is 38.6 Å². The van der Waals surface area contributed by atoms with E-state index in [4.69, 9.17) is 4.74 Å². The van der Waals surface area contributed by atoms with Crippen LogP contribution in [0.2, 0.25) is 0 Å². The lowest BCUT2D eigenvalue weighted by Crippen LogP contribution is -2.61. The van der Waals surface area contributed by atoms with Crippen molar-refractivity contribution in [3.05, 3.63) is 0 Å². The Labute approximate surface area is 142 Å². The van der Waals surface area contributed by atoms with E-state index in [2.05, 4.69) is 5.32 Å². The Morgan fingerprint density at radius 1 is 1.25 bits per heavy atom. The second kappa shape index (κ2) is 5.90. The van der Waals surface area contributed by atoms with Crippen LogP contribution in [-0.2, 0) is 9.53 Å². The minimum Gasteiger partial charge on any atom is -0.469 e. The van der Waals surface area contributed by atoms with Crippen LogP contribution in [0.15, 0.2) is 0 Å². The SMILES string of the molecule is COC(=O)C12CC3CC(C1)C(NCC1CCCN1C(=O)O)C(C3)C2. The molecule has 1 heterocycles. The molecule has 5 rings (SSSR count). The molecule has 134 valence electrons. The molecule has 0 aromatic rings. The lowest BCUT2D eigenvalue weighted by molar-refractivity contribution is -0.171. The molecule has 0 aromatic carbocycles. The molecule has 6 heteroatoms. The Hall–Kier alpha value is -1.30. The van der Waals surface area contributed by atoms with Crippen LogP contribution >= 0.6 is 0 Å². The predicted molar refractivity (Wildman–Crippen MR) is 87.5 cm³/mol. The summed E-state index contributed by atoms with van der Waals surface area (Å²) in [4.78, 5) is 25.2. The number of hydrogen-bond donors (Lipinski definition) is 2. The van der Waals surface area contributed by atoms with Gasteiger partial charge in [-0.25, -0.2) is 4.79 Å². The molecule has 0 aromatic heterocycles. The average molecular weight is 336 g/mol. The number of methoxy groups -OCH3 is 1. The molecule has 0 spiro atoms. The number of carbonyl (C=O) groups is 2. The van der Waals surface area contributed by atoms with Gasteiger partial charge >= 0.3 is 12.1 Å². The number of ether oxygens (including phenoxy) is 1. The summed E-state index contributed by atoms with van der Waals surface area (Å²) in [6.07, 6.45) is 6.43. The van der Waals surface area contributed by atoms with E-state index in [1.54, 1.807) is 4.90 Å². The standard InChI is InChI=1S/C18H28N2O4/c1-24-16(21)18-7-11-5-12(8-18)15(13(6-11)9-18)19-10-14-3-2-4-20(14)17(22)23/h11-15,19H,2-10H2,1H3,(H,22,23). The number of carboxylic acid groups (broad SMARTS) is 1. The molecule has 4 bridgehead atoms. The number of carbonyl (C=O) groups excluding carboxylic acids is 1. The normalized spacial score (nSPS) is 43.2. The zero-order chi connectivity index (χ0) is 16.9. The Kier molecular flexibility index (Phi) is 3.98. The summed E-state index contributed by atoms with van der Waals surface area (Å²) in [5.74, 6) is 1.74. The Balaban J connectivity index is 1.42. The number of nitrogens with one attached hydrogen (secondary N) is 1. The second-order valence-electron chi connectivity index (χ2n) is 8.45. The summed E-state index contributed by atoms with van der Waals surface area (Å²) < 4.78 is 5.12. The van der Waals surface area contributed by atoms with Crippen molar-refractivity contribution >= 4 is 12.1 Å². The molecule has 0 radical (unpaired) electrons. The van der Waals surface area contributed by atoms with Crippen LogP contribution in [0.1, 0.15) is 44.9 Å². The molecule has 2 N–H and O–H groups in total. The molecule has 3 unspecified atom stereocenters. The topological polar surface area (TPSA) is 78.9 Å². The predicted octanol–water partition coefficient (Wildman–Crippen LogP) is 2.09. The van der Waals surface area contributed by atoms with Crippen molar-refractivity contribution in [3.8, 4) is 0 Å². The van der Waals surface area contributed by atoms with Crippen molar-refractivity contribution in [3.63, 3.8) is 0 Å². The first-order valence-electron chi connectivity index (χ1n) is 9.34. The van der Waals surface area contributed by atoms with Gasteiger partial charge in [0.15, 0.2) is 0 Å². The minimum absolute atomic E-state index is 0.00630. The lowest BCUT2D eigenvalue weighted by atomic mass is 9.48. The maximum Gasteiger partial charge on any atom is 0.407 e. The van der Waals surface area contributed by atoms with Crippen molar-refractivity contribution in [2.45, 2.75) is 57.0 Å². The Morgan fingerprint density at radius 2 is 1.96 bits per heavy atom. The van der Waals surface area contributed by atoms with E-state index in [0.29, 0.717) is 30.3 Å². The zero-order valence-electron chi connectivity index (χ0n) is 14.4. The molecule has 3 atom stereocenters. The number of esters is 1. The maximum atomic E-state index is 12.3. The number of amides is 1. The van der Waals surface area contributed by atoms with Gasteiger partial charge in [0.25, 0.3) is 0 Å². The van der Waals surface area contributed by atoms with Gasteiger partial charge in [-0.1, -0.05) is 0 Å². The molecule has 4 saturated carbocycles. The van der Waals surface area contributed by atoms with Gasteiger partial charge in [-0.15, -0.1) is 0 Å². The van der Waals surface area contributed by atoms with E-state index in [1.807, 2.05) is 0 Å². The van der Waals surface area contributed by atoms with E-state index in [-0.39, 0.29) is 17.4 Å². The molecule has 5 aliphatic rings. The Morgan fingerprint density at radius 3 is 2.58 bits per heavy atom. The number of likely N-dealkylation sites (tertiary alicyclic amines) is 1. The molecule has 1 amide bonds. The van der Waals surface area contributed by atoms with Gasteiger partial charge in [0.05, 0.1) is 12.5 Å². The van der Waals surface area contributed by atoms with Gasteiger partial charge in [0.1, 0.15) is 0 Å². The summed E-state index contributed by atoms with van der Waals surface area (Å²) in [5, 5.41) is 13.0. The number of rotatable bonds is 4. The van der Waals surface area contributed by atoms with Gasteiger partial charge in [-0.05, 0) is 62.7 Å². The molecular weight excluding hydrogens is 308 g/mol. The first-order valence-corrected chi connectivity index (χ1v) is 9.34. The molecule has 4 aliphatic carbocycles. The summed E-state index contributed by atoms with van der Waals surface area (Å²) in [7, 11) is 1.51.